The van der Waals surface area contributed by atoms with Gasteiger partial charge in [-0.2, -0.15) is 0 Å². The summed E-state index contributed by atoms with van der Waals surface area (Å²) in [5.41, 5.74) is 3.54. The van der Waals surface area contributed by atoms with Gasteiger partial charge in [0.2, 0.25) is 0 Å². The topological polar surface area (TPSA) is 51.7 Å². The molecule has 1 atom stereocenters. The molecule has 0 aliphatic carbocycles. The van der Waals surface area contributed by atoms with Crippen LogP contribution in [0.15, 0.2) is 54.9 Å². The Kier molecular flexibility index (Phi) is 5.60. The van der Waals surface area contributed by atoms with E-state index in [9.17, 15) is 4.79 Å². The third kappa shape index (κ3) is 4.28. The number of nitrogens with zero attached hydrogens (tertiary/aromatic N) is 2. The van der Waals surface area contributed by atoms with Crippen molar-refractivity contribution in [3.8, 4) is 16.9 Å². The number of ether oxygens (including phenoxy) is 2. The number of hydrogen-bond donors (Lipinski definition) is 0. The van der Waals surface area contributed by atoms with Gasteiger partial charge in [-0.05, 0) is 60.0 Å². The van der Waals surface area contributed by atoms with Gasteiger partial charge in [0.05, 0.1) is 0 Å². The van der Waals surface area contributed by atoms with Crippen LogP contribution in [-0.4, -0.2) is 47.7 Å². The van der Waals surface area contributed by atoms with E-state index in [1.54, 1.807) is 0 Å². The molecular weight excluding hydrogens is 388 g/mol. The van der Waals surface area contributed by atoms with Gasteiger partial charge in [0.15, 0.2) is 0 Å². The van der Waals surface area contributed by atoms with Crippen molar-refractivity contribution in [3.05, 3.63) is 60.4 Å². The van der Waals surface area contributed by atoms with E-state index in [1.807, 2.05) is 29.4 Å². The molecule has 5 rings (SSSR count). The molecule has 2 fully saturated rings. The maximum absolute atomic E-state index is 12.5. The van der Waals surface area contributed by atoms with Gasteiger partial charge in [-0.15, -0.1) is 0 Å². The molecule has 3 aromatic rings. The van der Waals surface area contributed by atoms with Gasteiger partial charge in [0.25, 0.3) is 5.91 Å². The molecule has 1 aromatic heterocycles. The molecule has 2 aromatic carbocycles. The number of piperidine rings is 1. The van der Waals surface area contributed by atoms with E-state index in [0.29, 0.717) is 6.61 Å². The number of carbonyl (C=O) groups excluding carboxylic acids is 1. The Balaban J connectivity index is 1.20. The summed E-state index contributed by atoms with van der Waals surface area (Å²) in [5.74, 6) is 1.04. The molecule has 3 heterocycles. The summed E-state index contributed by atoms with van der Waals surface area (Å²) in [5, 5.41) is 2.39. The van der Waals surface area contributed by atoms with Crippen molar-refractivity contribution in [2.24, 2.45) is 0 Å². The normalized spacial score (nSPS) is 19.6. The quantitative estimate of drug-likeness (QED) is 0.615. The molecule has 31 heavy (non-hydrogen) atoms. The van der Waals surface area contributed by atoms with Gasteiger partial charge in [-0.1, -0.05) is 24.3 Å². The summed E-state index contributed by atoms with van der Waals surface area (Å²) in [6, 6.07) is 14.8. The summed E-state index contributed by atoms with van der Waals surface area (Å²) in [6.45, 7) is 4.29. The van der Waals surface area contributed by atoms with Crippen molar-refractivity contribution in [2.75, 3.05) is 19.7 Å². The molecule has 160 valence electrons. The minimum Gasteiger partial charge on any atom is -0.490 e. The largest absolute Gasteiger partial charge is 0.490 e. The molecule has 1 amide bonds. The fraction of sp³-hybridized carbons (Fsp3) is 0.385. The lowest BCUT2D eigenvalue weighted by molar-refractivity contribution is -0.142. The van der Waals surface area contributed by atoms with Gasteiger partial charge < -0.3 is 14.4 Å². The highest BCUT2D eigenvalue weighted by Crippen LogP contribution is 2.28. The van der Waals surface area contributed by atoms with E-state index in [1.165, 1.54) is 22.1 Å². The Labute approximate surface area is 183 Å². The standard InChI is InChI=1S/C26H28N2O3/c1-18-16-27-17-21-5-4-20(15-24(18)21)19-6-8-22(9-7-19)31-23-10-12-28(13-11-23)26(29)25-3-2-14-30-25/h4-9,15-17,23,25H,2-3,10-14H2,1H3/t25-/m1/s1. The Bertz CT molecular complexity index is 1070. The zero-order valence-electron chi connectivity index (χ0n) is 17.9. The number of hydrogen-bond acceptors (Lipinski definition) is 4. The fourth-order valence-corrected chi connectivity index (χ4v) is 4.58. The van der Waals surface area contributed by atoms with E-state index in [4.69, 9.17) is 9.47 Å². The highest BCUT2D eigenvalue weighted by molar-refractivity contribution is 5.89. The van der Waals surface area contributed by atoms with Crippen molar-refractivity contribution in [3.63, 3.8) is 0 Å². The lowest BCUT2D eigenvalue weighted by Gasteiger charge is -2.33. The van der Waals surface area contributed by atoms with Crippen molar-refractivity contribution in [2.45, 2.75) is 44.8 Å². The lowest BCUT2D eigenvalue weighted by atomic mass is 10.0. The number of aryl methyl sites for hydroxylation is 1. The van der Waals surface area contributed by atoms with E-state index in [-0.39, 0.29) is 18.1 Å². The van der Waals surface area contributed by atoms with Crippen molar-refractivity contribution in [1.29, 1.82) is 0 Å². The summed E-state index contributed by atoms with van der Waals surface area (Å²) in [4.78, 5) is 18.7. The highest BCUT2D eigenvalue weighted by atomic mass is 16.5. The van der Waals surface area contributed by atoms with Crippen molar-refractivity contribution in [1.82, 2.24) is 9.88 Å². The second-order valence-corrected chi connectivity index (χ2v) is 8.56. The second kappa shape index (κ2) is 8.67. The minimum atomic E-state index is -0.222. The number of aromatic nitrogens is 1. The molecule has 0 radical (unpaired) electrons. The van der Waals surface area contributed by atoms with E-state index >= 15 is 0 Å². The zero-order valence-corrected chi connectivity index (χ0v) is 17.9. The molecule has 0 spiro atoms. The minimum absolute atomic E-state index is 0.148. The van der Waals surface area contributed by atoms with Crippen LogP contribution in [-0.2, 0) is 9.53 Å². The van der Waals surface area contributed by atoms with Crippen LogP contribution in [0.25, 0.3) is 21.9 Å². The van der Waals surface area contributed by atoms with Crippen LogP contribution in [0, 0.1) is 6.92 Å². The summed E-state index contributed by atoms with van der Waals surface area (Å²) < 4.78 is 11.8. The first kappa shape index (κ1) is 20.0. The smallest absolute Gasteiger partial charge is 0.251 e. The van der Waals surface area contributed by atoms with Gasteiger partial charge in [0.1, 0.15) is 18.0 Å². The molecule has 2 aliphatic heterocycles. The van der Waals surface area contributed by atoms with E-state index in [0.717, 1.165) is 49.9 Å². The first-order valence-electron chi connectivity index (χ1n) is 11.2. The molecule has 5 nitrogen and oxygen atoms in total. The molecule has 0 N–H and O–H groups in total. The summed E-state index contributed by atoms with van der Waals surface area (Å²) in [6.07, 6.45) is 7.30. The number of benzene rings is 2. The van der Waals surface area contributed by atoms with Crippen molar-refractivity contribution < 1.29 is 14.3 Å². The SMILES string of the molecule is Cc1cncc2ccc(-c3ccc(OC4CCN(C(=O)[C@H]5CCCO5)CC4)cc3)cc12. The molecule has 0 bridgehead atoms. The summed E-state index contributed by atoms with van der Waals surface area (Å²) >= 11 is 0. The van der Waals surface area contributed by atoms with Gasteiger partial charge in [-0.25, -0.2) is 0 Å². The summed E-state index contributed by atoms with van der Waals surface area (Å²) in [7, 11) is 0. The number of likely N-dealkylation sites (tertiary alicyclic amines) is 1. The third-order valence-corrected chi connectivity index (χ3v) is 6.41. The average Bonchev–Trinajstić information content (AvgIpc) is 3.35. The molecule has 0 unspecified atom stereocenters. The maximum atomic E-state index is 12.5. The maximum Gasteiger partial charge on any atom is 0.251 e. The number of pyridine rings is 1. The second-order valence-electron chi connectivity index (χ2n) is 8.56. The molecule has 2 aliphatic rings. The van der Waals surface area contributed by atoms with Crippen LogP contribution in [0.2, 0.25) is 0 Å². The van der Waals surface area contributed by atoms with Gasteiger partial charge >= 0.3 is 0 Å². The van der Waals surface area contributed by atoms with Crippen LogP contribution in [0.1, 0.15) is 31.2 Å². The molecule has 0 saturated carbocycles. The predicted molar refractivity (Wildman–Crippen MR) is 121 cm³/mol. The van der Waals surface area contributed by atoms with E-state index in [2.05, 4.69) is 42.2 Å². The van der Waals surface area contributed by atoms with Crippen LogP contribution in [0.3, 0.4) is 0 Å². The van der Waals surface area contributed by atoms with Crippen molar-refractivity contribution >= 4 is 16.7 Å². The Hall–Kier alpha value is -2.92. The Morgan fingerprint density at radius 2 is 1.81 bits per heavy atom. The lowest BCUT2D eigenvalue weighted by Crippen LogP contribution is -2.45. The van der Waals surface area contributed by atoms with E-state index < -0.39 is 0 Å². The Morgan fingerprint density at radius 3 is 2.55 bits per heavy atom. The number of fused-ring (bicyclic) bond motifs is 1. The molecular formula is C26H28N2O3. The zero-order chi connectivity index (χ0) is 21.2. The number of amides is 1. The van der Waals surface area contributed by atoms with Crippen LogP contribution in [0.4, 0.5) is 0 Å². The number of rotatable bonds is 4. The average molecular weight is 417 g/mol. The predicted octanol–water partition coefficient (Wildman–Crippen LogP) is 4.76. The molecule has 5 heteroatoms. The monoisotopic (exact) mass is 416 g/mol. The van der Waals surface area contributed by atoms with Crippen LogP contribution >= 0.6 is 0 Å². The Morgan fingerprint density at radius 1 is 1.03 bits per heavy atom. The highest BCUT2D eigenvalue weighted by Gasteiger charge is 2.31. The fourth-order valence-electron chi connectivity index (χ4n) is 4.58. The first-order valence-corrected chi connectivity index (χ1v) is 11.2. The molecule has 2 saturated heterocycles. The third-order valence-electron chi connectivity index (χ3n) is 6.41. The van der Waals surface area contributed by atoms with Crippen LogP contribution < -0.4 is 4.74 Å². The van der Waals surface area contributed by atoms with Gasteiger partial charge in [-0.3, -0.25) is 9.78 Å². The number of carbonyl (C=O) groups is 1. The van der Waals surface area contributed by atoms with Crippen LogP contribution in [0.5, 0.6) is 5.75 Å². The first-order chi connectivity index (χ1) is 15.2. The van der Waals surface area contributed by atoms with Gasteiger partial charge in [0, 0.05) is 50.3 Å².